The van der Waals surface area contributed by atoms with Gasteiger partial charge < -0.3 is 20.4 Å². The summed E-state index contributed by atoms with van der Waals surface area (Å²) in [7, 11) is 5.78. The van der Waals surface area contributed by atoms with Crippen molar-refractivity contribution in [1.29, 1.82) is 0 Å². The molecule has 0 bridgehead atoms. The molecule has 0 spiro atoms. The van der Waals surface area contributed by atoms with Crippen LogP contribution in [0.3, 0.4) is 0 Å². The third-order valence-corrected chi connectivity index (χ3v) is 4.34. The molecule has 1 saturated heterocycles. The van der Waals surface area contributed by atoms with E-state index in [0.717, 1.165) is 26.2 Å². The van der Waals surface area contributed by atoms with Gasteiger partial charge in [-0.15, -0.1) is 0 Å². The van der Waals surface area contributed by atoms with Gasteiger partial charge in [0.1, 0.15) is 0 Å². The number of likely N-dealkylation sites (N-methyl/N-ethyl adjacent to an activating group) is 2. The standard InChI is InChI=1S/C18H29N5O2/c1-14(23-10-8-22(4)9-11-23)18(25)20-16-7-5-6-15(12-16)19-17(24)13-21(2)3/h5-7,12,14H,8-11,13H2,1-4H3,(H,19,24)(H,20,25). The molecule has 1 aromatic carbocycles. The van der Waals surface area contributed by atoms with E-state index >= 15 is 0 Å². The number of rotatable bonds is 6. The molecule has 1 aliphatic heterocycles. The lowest BCUT2D eigenvalue weighted by molar-refractivity contribution is -0.121. The number of hydrogen-bond acceptors (Lipinski definition) is 5. The lowest BCUT2D eigenvalue weighted by Gasteiger charge is -2.35. The summed E-state index contributed by atoms with van der Waals surface area (Å²) in [6, 6.07) is 7.06. The van der Waals surface area contributed by atoms with Crippen molar-refractivity contribution in [2.24, 2.45) is 0 Å². The maximum Gasteiger partial charge on any atom is 0.241 e. The number of nitrogens with zero attached hydrogens (tertiary/aromatic N) is 3. The molecular formula is C18H29N5O2. The second-order valence-corrected chi connectivity index (χ2v) is 6.87. The lowest BCUT2D eigenvalue weighted by Crippen LogP contribution is -2.51. The van der Waals surface area contributed by atoms with Crippen molar-refractivity contribution >= 4 is 23.2 Å². The lowest BCUT2D eigenvalue weighted by atomic mass is 10.2. The van der Waals surface area contributed by atoms with Gasteiger partial charge in [-0.2, -0.15) is 0 Å². The normalized spacial score (nSPS) is 17.3. The van der Waals surface area contributed by atoms with Crippen LogP contribution in [0.1, 0.15) is 6.92 Å². The molecule has 1 atom stereocenters. The third kappa shape index (κ3) is 6.12. The van der Waals surface area contributed by atoms with E-state index in [1.165, 1.54) is 0 Å². The number of carbonyl (C=O) groups is 2. The van der Waals surface area contributed by atoms with Crippen molar-refractivity contribution in [3.05, 3.63) is 24.3 Å². The van der Waals surface area contributed by atoms with Gasteiger partial charge in [-0.1, -0.05) is 6.07 Å². The van der Waals surface area contributed by atoms with Gasteiger partial charge in [0.05, 0.1) is 12.6 Å². The molecule has 1 heterocycles. The Morgan fingerprint density at radius 2 is 1.72 bits per heavy atom. The minimum absolute atomic E-state index is 0.0266. The zero-order valence-electron chi connectivity index (χ0n) is 15.6. The molecule has 25 heavy (non-hydrogen) atoms. The van der Waals surface area contributed by atoms with Crippen LogP contribution in [0.2, 0.25) is 0 Å². The van der Waals surface area contributed by atoms with Gasteiger partial charge in [-0.3, -0.25) is 14.5 Å². The Kier molecular flexibility index (Phi) is 6.92. The van der Waals surface area contributed by atoms with E-state index < -0.39 is 0 Å². The second kappa shape index (κ2) is 8.94. The maximum absolute atomic E-state index is 12.5. The minimum Gasteiger partial charge on any atom is -0.325 e. The van der Waals surface area contributed by atoms with Crippen LogP contribution in [0, 0.1) is 0 Å². The smallest absolute Gasteiger partial charge is 0.241 e. The van der Waals surface area contributed by atoms with Crippen molar-refractivity contribution in [1.82, 2.24) is 14.7 Å². The molecule has 1 unspecified atom stereocenters. The van der Waals surface area contributed by atoms with Crippen molar-refractivity contribution < 1.29 is 9.59 Å². The van der Waals surface area contributed by atoms with Crippen LogP contribution in [0.25, 0.3) is 0 Å². The molecule has 1 fully saturated rings. The van der Waals surface area contributed by atoms with Gasteiger partial charge in [0.2, 0.25) is 11.8 Å². The van der Waals surface area contributed by atoms with Crippen LogP contribution >= 0.6 is 0 Å². The van der Waals surface area contributed by atoms with Crippen LogP contribution in [-0.2, 0) is 9.59 Å². The largest absolute Gasteiger partial charge is 0.325 e. The Labute approximate surface area is 150 Å². The predicted molar refractivity (Wildman–Crippen MR) is 101 cm³/mol. The van der Waals surface area contributed by atoms with Crippen LogP contribution in [-0.4, -0.2) is 86.4 Å². The number of hydrogen-bond donors (Lipinski definition) is 2. The number of amides is 2. The highest BCUT2D eigenvalue weighted by molar-refractivity contribution is 5.96. The Morgan fingerprint density at radius 3 is 2.32 bits per heavy atom. The summed E-state index contributed by atoms with van der Waals surface area (Å²) >= 11 is 0. The summed E-state index contributed by atoms with van der Waals surface area (Å²) < 4.78 is 0. The van der Waals surface area contributed by atoms with Crippen molar-refractivity contribution in [3.63, 3.8) is 0 Å². The highest BCUT2D eigenvalue weighted by Crippen LogP contribution is 2.16. The zero-order valence-corrected chi connectivity index (χ0v) is 15.6. The molecule has 1 aromatic rings. The molecule has 0 radical (unpaired) electrons. The molecular weight excluding hydrogens is 318 g/mol. The molecule has 2 amide bonds. The summed E-state index contributed by atoms with van der Waals surface area (Å²) in [5, 5.41) is 5.79. The number of nitrogens with one attached hydrogen (secondary N) is 2. The average molecular weight is 347 g/mol. The van der Waals surface area contributed by atoms with Crippen LogP contribution < -0.4 is 10.6 Å². The summed E-state index contributed by atoms with van der Waals surface area (Å²) in [6.07, 6.45) is 0. The fourth-order valence-corrected chi connectivity index (χ4v) is 2.78. The van der Waals surface area contributed by atoms with E-state index in [1.54, 1.807) is 11.0 Å². The van der Waals surface area contributed by atoms with Crippen LogP contribution in [0.4, 0.5) is 11.4 Å². The molecule has 2 N–H and O–H groups in total. The number of benzene rings is 1. The Balaban J connectivity index is 1.92. The first kappa shape index (κ1) is 19.4. The summed E-state index contributed by atoms with van der Waals surface area (Å²) in [5.74, 6) is -0.111. The van der Waals surface area contributed by atoms with Gasteiger partial charge in [0, 0.05) is 37.6 Å². The monoisotopic (exact) mass is 347 g/mol. The minimum atomic E-state index is -0.180. The van der Waals surface area contributed by atoms with Crippen molar-refractivity contribution in [2.75, 3.05) is 64.5 Å². The van der Waals surface area contributed by atoms with E-state index in [0.29, 0.717) is 17.9 Å². The Bertz CT molecular complexity index is 597. The number of anilines is 2. The Hall–Kier alpha value is -1.96. The fraction of sp³-hybridized carbons (Fsp3) is 0.556. The van der Waals surface area contributed by atoms with Crippen LogP contribution in [0.15, 0.2) is 24.3 Å². The average Bonchev–Trinajstić information content (AvgIpc) is 2.54. The molecule has 138 valence electrons. The van der Waals surface area contributed by atoms with Gasteiger partial charge in [0.15, 0.2) is 0 Å². The van der Waals surface area contributed by atoms with Crippen molar-refractivity contribution in [2.45, 2.75) is 13.0 Å². The van der Waals surface area contributed by atoms with Gasteiger partial charge in [-0.05, 0) is 46.3 Å². The topological polar surface area (TPSA) is 67.9 Å². The molecule has 0 aromatic heterocycles. The van der Waals surface area contributed by atoms with Crippen molar-refractivity contribution in [3.8, 4) is 0 Å². The van der Waals surface area contributed by atoms with E-state index in [9.17, 15) is 9.59 Å². The molecule has 7 nitrogen and oxygen atoms in total. The molecule has 0 aliphatic carbocycles. The third-order valence-electron chi connectivity index (χ3n) is 4.34. The number of carbonyl (C=O) groups excluding carboxylic acids is 2. The highest BCUT2D eigenvalue weighted by Gasteiger charge is 2.24. The molecule has 2 rings (SSSR count). The molecule has 1 aliphatic rings. The first-order chi connectivity index (χ1) is 11.8. The molecule has 7 heteroatoms. The summed E-state index contributed by atoms with van der Waals surface area (Å²) in [4.78, 5) is 30.6. The zero-order chi connectivity index (χ0) is 18.4. The van der Waals surface area contributed by atoms with E-state index in [1.807, 2.05) is 39.2 Å². The first-order valence-electron chi connectivity index (χ1n) is 8.63. The van der Waals surface area contributed by atoms with Gasteiger partial charge in [-0.25, -0.2) is 0 Å². The summed E-state index contributed by atoms with van der Waals surface area (Å²) in [6.45, 7) is 5.99. The van der Waals surface area contributed by atoms with E-state index in [-0.39, 0.29) is 17.9 Å². The molecule has 0 saturated carbocycles. The van der Waals surface area contributed by atoms with Gasteiger partial charge >= 0.3 is 0 Å². The van der Waals surface area contributed by atoms with E-state index in [4.69, 9.17) is 0 Å². The number of piperazine rings is 1. The van der Waals surface area contributed by atoms with Gasteiger partial charge in [0.25, 0.3) is 0 Å². The Morgan fingerprint density at radius 1 is 1.12 bits per heavy atom. The highest BCUT2D eigenvalue weighted by atomic mass is 16.2. The maximum atomic E-state index is 12.5. The predicted octanol–water partition coefficient (Wildman–Crippen LogP) is 0.761. The fourth-order valence-electron chi connectivity index (χ4n) is 2.78. The SMILES string of the molecule is CC(C(=O)Nc1cccc(NC(=O)CN(C)C)c1)N1CCN(C)CC1. The summed E-state index contributed by atoms with van der Waals surface area (Å²) in [5.41, 5.74) is 1.37. The quantitative estimate of drug-likeness (QED) is 0.795. The van der Waals surface area contributed by atoms with E-state index in [2.05, 4.69) is 27.5 Å². The second-order valence-electron chi connectivity index (χ2n) is 6.87. The van der Waals surface area contributed by atoms with Crippen LogP contribution in [0.5, 0.6) is 0 Å². The first-order valence-corrected chi connectivity index (χ1v) is 8.63.